The molecule has 1 heterocycles. The first-order valence-corrected chi connectivity index (χ1v) is 6.88. The van der Waals surface area contributed by atoms with Crippen LogP contribution >= 0.6 is 15.9 Å². The van der Waals surface area contributed by atoms with E-state index in [2.05, 4.69) is 34.2 Å². The van der Waals surface area contributed by atoms with E-state index in [4.69, 9.17) is 9.47 Å². The van der Waals surface area contributed by atoms with Crippen LogP contribution in [-0.2, 0) is 6.54 Å². The third-order valence-electron chi connectivity index (χ3n) is 3.54. The van der Waals surface area contributed by atoms with Gasteiger partial charge < -0.3 is 14.8 Å². The van der Waals surface area contributed by atoms with Crippen molar-refractivity contribution < 1.29 is 9.47 Å². The summed E-state index contributed by atoms with van der Waals surface area (Å²) in [6.45, 7) is 3.47. The zero-order chi connectivity index (χ0) is 11.8. The minimum atomic E-state index is 0.333. The van der Waals surface area contributed by atoms with Crippen molar-refractivity contribution >= 4 is 15.9 Å². The molecule has 0 amide bonds. The third kappa shape index (κ3) is 2.29. The van der Waals surface area contributed by atoms with Gasteiger partial charge in [0.2, 0.25) is 6.79 Å². The Morgan fingerprint density at radius 3 is 2.82 bits per heavy atom. The van der Waals surface area contributed by atoms with Crippen LogP contribution in [0.15, 0.2) is 16.6 Å². The van der Waals surface area contributed by atoms with E-state index >= 15 is 0 Å². The van der Waals surface area contributed by atoms with Crippen LogP contribution in [0.2, 0.25) is 0 Å². The quantitative estimate of drug-likeness (QED) is 0.926. The lowest BCUT2D eigenvalue weighted by molar-refractivity contribution is 0.174. The Labute approximate surface area is 110 Å². The van der Waals surface area contributed by atoms with Crippen LogP contribution < -0.4 is 14.8 Å². The summed E-state index contributed by atoms with van der Waals surface area (Å²) in [7, 11) is 0. The van der Waals surface area contributed by atoms with Crippen molar-refractivity contribution in [1.29, 1.82) is 0 Å². The summed E-state index contributed by atoms with van der Waals surface area (Å²) in [5.74, 6) is 2.56. The molecule has 1 fully saturated rings. The molecule has 17 heavy (non-hydrogen) atoms. The molecule has 1 aliphatic carbocycles. The van der Waals surface area contributed by atoms with Gasteiger partial charge in [0.15, 0.2) is 11.5 Å². The number of halogens is 1. The fourth-order valence-electron chi connectivity index (χ4n) is 2.28. The Morgan fingerprint density at radius 1 is 1.35 bits per heavy atom. The average molecular weight is 298 g/mol. The molecule has 2 unspecified atom stereocenters. The lowest BCUT2D eigenvalue weighted by Gasteiger charge is -2.08. The Bertz CT molecular complexity index is 436. The molecule has 3 rings (SSSR count). The fourth-order valence-corrected chi connectivity index (χ4v) is 2.75. The zero-order valence-electron chi connectivity index (χ0n) is 9.83. The maximum absolute atomic E-state index is 5.39. The second-order valence-electron chi connectivity index (χ2n) is 4.69. The van der Waals surface area contributed by atoms with Crippen LogP contribution in [-0.4, -0.2) is 12.8 Å². The molecule has 0 spiro atoms. The SMILES string of the molecule is CCC1CC1NCc1cc2c(cc1Br)OCO2. The van der Waals surface area contributed by atoms with Crippen LogP contribution in [0.5, 0.6) is 11.5 Å². The van der Waals surface area contributed by atoms with Crippen LogP contribution in [0.25, 0.3) is 0 Å². The molecule has 1 aromatic rings. The lowest BCUT2D eigenvalue weighted by Crippen LogP contribution is -2.17. The average Bonchev–Trinajstić information content (AvgIpc) is 2.95. The monoisotopic (exact) mass is 297 g/mol. The number of benzene rings is 1. The predicted octanol–water partition coefficient (Wildman–Crippen LogP) is 3.07. The highest BCUT2D eigenvalue weighted by molar-refractivity contribution is 9.10. The molecule has 0 radical (unpaired) electrons. The van der Waals surface area contributed by atoms with E-state index in [-0.39, 0.29) is 0 Å². The van der Waals surface area contributed by atoms with Gasteiger partial charge in [-0.3, -0.25) is 0 Å². The second-order valence-corrected chi connectivity index (χ2v) is 5.54. The highest BCUT2D eigenvalue weighted by Crippen LogP contribution is 2.38. The van der Waals surface area contributed by atoms with Gasteiger partial charge in [-0.15, -0.1) is 0 Å². The molecule has 1 saturated carbocycles. The molecule has 0 bridgehead atoms. The molecule has 2 atom stereocenters. The summed E-state index contributed by atoms with van der Waals surface area (Å²) in [4.78, 5) is 0. The van der Waals surface area contributed by atoms with Crippen molar-refractivity contribution in [2.75, 3.05) is 6.79 Å². The number of ether oxygens (including phenoxy) is 2. The van der Waals surface area contributed by atoms with Gasteiger partial charge in [-0.1, -0.05) is 29.3 Å². The standard InChI is InChI=1S/C13H16BrNO2/c1-2-8-3-11(8)15-6-9-4-12-13(5-10(9)14)17-7-16-12/h4-5,8,11,15H,2-3,6-7H2,1H3. The topological polar surface area (TPSA) is 30.5 Å². The largest absolute Gasteiger partial charge is 0.454 e. The number of rotatable bonds is 4. The number of fused-ring (bicyclic) bond motifs is 1. The van der Waals surface area contributed by atoms with Crippen molar-refractivity contribution in [3.05, 3.63) is 22.2 Å². The number of hydrogen-bond acceptors (Lipinski definition) is 3. The van der Waals surface area contributed by atoms with Gasteiger partial charge in [-0.05, 0) is 30.0 Å². The summed E-state index contributed by atoms with van der Waals surface area (Å²) in [5.41, 5.74) is 1.23. The maximum atomic E-state index is 5.39. The molecule has 0 aromatic heterocycles. The predicted molar refractivity (Wildman–Crippen MR) is 69.3 cm³/mol. The fraction of sp³-hybridized carbons (Fsp3) is 0.538. The molecular formula is C13H16BrNO2. The van der Waals surface area contributed by atoms with Gasteiger partial charge in [0, 0.05) is 17.1 Å². The minimum absolute atomic E-state index is 0.333. The number of hydrogen-bond donors (Lipinski definition) is 1. The molecule has 1 aliphatic heterocycles. The van der Waals surface area contributed by atoms with Crippen molar-refractivity contribution in [3.8, 4) is 11.5 Å². The zero-order valence-corrected chi connectivity index (χ0v) is 11.4. The van der Waals surface area contributed by atoms with Gasteiger partial charge in [-0.2, -0.15) is 0 Å². The Morgan fingerprint density at radius 2 is 2.12 bits per heavy atom. The van der Waals surface area contributed by atoms with E-state index < -0.39 is 0 Å². The summed E-state index contributed by atoms with van der Waals surface area (Å²) in [6.07, 6.45) is 2.60. The molecule has 3 nitrogen and oxygen atoms in total. The Kier molecular flexibility index (Phi) is 3.01. The minimum Gasteiger partial charge on any atom is -0.454 e. The lowest BCUT2D eigenvalue weighted by atomic mass is 10.2. The first-order chi connectivity index (χ1) is 8.28. The Hall–Kier alpha value is -0.740. The summed E-state index contributed by atoms with van der Waals surface area (Å²) < 4.78 is 11.8. The Balaban J connectivity index is 1.67. The third-order valence-corrected chi connectivity index (χ3v) is 4.28. The maximum Gasteiger partial charge on any atom is 0.231 e. The summed E-state index contributed by atoms with van der Waals surface area (Å²) >= 11 is 3.58. The van der Waals surface area contributed by atoms with Crippen LogP contribution in [0.1, 0.15) is 25.3 Å². The summed E-state index contributed by atoms with van der Waals surface area (Å²) in [5, 5.41) is 3.58. The van der Waals surface area contributed by atoms with Crippen molar-refractivity contribution in [3.63, 3.8) is 0 Å². The van der Waals surface area contributed by atoms with Crippen molar-refractivity contribution in [2.45, 2.75) is 32.4 Å². The van der Waals surface area contributed by atoms with Crippen LogP contribution in [0, 0.1) is 5.92 Å². The van der Waals surface area contributed by atoms with Crippen molar-refractivity contribution in [2.24, 2.45) is 5.92 Å². The van der Waals surface area contributed by atoms with Gasteiger partial charge in [0.1, 0.15) is 0 Å². The highest BCUT2D eigenvalue weighted by Gasteiger charge is 2.34. The van der Waals surface area contributed by atoms with Gasteiger partial charge >= 0.3 is 0 Å². The number of nitrogens with one attached hydrogen (secondary N) is 1. The van der Waals surface area contributed by atoms with E-state index in [1.165, 1.54) is 18.4 Å². The molecule has 2 aliphatic rings. The first-order valence-electron chi connectivity index (χ1n) is 6.09. The summed E-state index contributed by atoms with van der Waals surface area (Å²) in [6, 6.07) is 4.75. The molecule has 4 heteroatoms. The van der Waals surface area contributed by atoms with Crippen LogP contribution in [0.3, 0.4) is 0 Å². The van der Waals surface area contributed by atoms with Crippen molar-refractivity contribution in [1.82, 2.24) is 5.32 Å². The van der Waals surface area contributed by atoms with Gasteiger partial charge in [0.05, 0.1) is 0 Å². The highest BCUT2D eigenvalue weighted by atomic mass is 79.9. The van der Waals surface area contributed by atoms with Crippen LogP contribution in [0.4, 0.5) is 0 Å². The van der Waals surface area contributed by atoms with E-state index in [0.717, 1.165) is 28.4 Å². The first kappa shape index (κ1) is 11.4. The normalized spacial score (nSPS) is 25.1. The molecular weight excluding hydrogens is 282 g/mol. The second kappa shape index (κ2) is 4.50. The van der Waals surface area contributed by atoms with E-state index in [9.17, 15) is 0 Å². The molecule has 92 valence electrons. The van der Waals surface area contributed by atoms with Gasteiger partial charge in [-0.25, -0.2) is 0 Å². The van der Waals surface area contributed by atoms with E-state index in [1.54, 1.807) is 0 Å². The molecule has 1 aromatic carbocycles. The smallest absolute Gasteiger partial charge is 0.231 e. The van der Waals surface area contributed by atoms with E-state index in [1.807, 2.05) is 6.07 Å². The van der Waals surface area contributed by atoms with Gasteiger partial charge in [0.25, 0.3) is 0 Å². The molecule has 0 saturated heterocycles. The van der Waals surface area contributed by atoms with E-state index in [0.29, 0.717) is 12.8 Å². The molecule has 1 N–H and O–H groups in total.